The number of benzene rings is 2. The molecule has 9 heteroatoms. The van der Waals surface area contributed by atoms with Gasteiger partial charge in [-0.3, -0.25) is 9.59 Å². The molecular formula is C21H18FN3O5. The first-order valence-corrected chi connectivity index (χ1v) is 8.85. The average molecular weight is 411 g/mol. The molecule has 8 nitrogen and oxygen atoms in total. The minimum Gasteiger partial charge on any atom is -0.493 e. The van der Waals surface area contributed by atoms with Crippen molar-refractivity contribution < 1.29 is 28.2 Å². The number of amides is 1. The number of halogens is 1. The Morgan fingerprint density at radius 1 is 1.13 bits per heavy atom. The Morgan fingerprint density at radius 2 is 1.87 bits per heavy atom. The molecule has 0 radical (unpaired) electrons. The first-order valence-electron chi connectivity index (χ1n) is 8.85. The van der Waals surface area contributed by atoms with Crippen LogP contribution in [-0.4, -0.2) is 41.2 Å². The fraction of sp³-hybridized carbons (Fsp3) is 0.143. The zero-order valence-electron chi connectivity index (χ0n) is 16.2. The molecule has 1 heterocycles. The molecule has 154 valence electrons. The molecule has 2 aromatic carbocycles. The zero-order chi connectivity index (χ0) is 21.7. The van der Waals surface area contributed by atoms with Crippen LogP contribution in [0.3, 0.4) is 0 Å². The predicted molar refractivity (Wildman–Crippen MR) is 105 cm³/mol. The predicted octanol–water partition coefficient (Wildman–Crippen LogP) is 3.02. The smallest absolute Gasteiger partial charge is 0.363 e. The summed E-state index contributed by atoms with van der Waals surface area (Å²) in [4.78, 5) is 35.7. The van der Waals surface area contributed by atoms with Gasteiger partial charge >= 0.3 is 5.97 Å². The number of esters is 1. The summed E-state index contributed by atoms with van der Waals surface area (Å²) >= 11 is 0. The van der Waals surface area contributed by atoms with Crippen LogP contribution in [0.2, 0.25) is 0 Å². The van der Waals surface area contributed by atoms with Gasteiger partial charge in [0.05, 0.1) is 24.6 Å². The number of methoxy groups -OCH3 is 1. The number of rotatable bonds is 7. The van der Waals surface area contributed by atoms with Crippen molar-refractivity contribution in [3.63, 3.8) is 0 Å². The van der Waals surface area contributed by atoms with Gasteiger partial charge in [-0.2, -0.15) is 5.10 Å². The molecule has 1 aromatic heterocycles. The Labute approximate surface area is 171 Å². The van der Waals surface area contributed by atoms with E-state index in [4.69, 9.17) is 9.47 Å². The number of ether oxygens (including phenoxy) is 2. The molecule has 3 rings (SSSR count). The number of para-hydroxylation sites is 1. The van der Waals surface area contributed by atoms with Crippen molar-refractivity contribution in [3.8, 4) is 11.4 Å². The van der Waals surface area contributed by atoms with Crippen molar-refractivity contribution in [2.75, 3.05) is 19.0 Å². The van der Waals surface area contributed by atoms with E-state index >= 15 is 0 Å². The van der Waals surface area contributed by atoms with Crippen molar-refractivity contribution >= 4 is 23.3 Å². The van der Waals surface area contributed by atoms with Crippen molar-refractivity contribution in [3.05, 3.63) is 71.8 Å². The molecule has 0 aliphatic heterocycles. The van der Waals surface area contributed by atoms with Crippen molar-refractivity contribution in [1.82, 2.24) is 9.78 Å². The lowest BCUT2D eigenvalue weighted by Gasteiger charge is -2.07. The van der Waals surface area contributed by atoms with Crippen LogP contribution in [-0.2, 0) is 9.53 Å². The van der Waals surface area contributed by atoms with Gasteiger partial charge in [-0.05, 0) is 30.3 Å². The SMILES string of the molecule is COc1cn(-c2ccccc2)nc1C(=O)OCC(=O)c1ccc(NC(C)=O)cc1F. The lowest BCUT2D eigenvalue weighted by molar-refractivity contribution is -0.114. The topological polar surface area (TPSA) is 99.5 Å². The second-order valence-corrected chi connectivity index (χ2v) is 6.20. The standard InChI is InChI=1S/C21H18FN3O5/c1-13(26)23-14-8-9-16(17(22)10-14)18(27)12-30-21(28)20-19(29-2)11-25(24-20)15-6-4-3-5-7-15/h3-11H,12H2,1-2H3,(H,23,26). The van der Waals surface area contributed by atoms with E-state index in [2.05, 4.69) is 10.4 Å². The number of anilines is 1. The third-order valence-electron chi connectivity index (χ3n) is 4.04. The summed E-state index contributed by atoms with van der Waals surface area (Å²) in [6, 6.07) is 12.6. The second kappa shape index (κ2) is 8.99. The maximum atomic E-state index is 14.2. The van der Waals surface area contributed by atoms with Gasteiger partial charge in [-0.25, -0.2) is 13.9 Å². The molecule has 0 bridgehead atoms. The quantitative estimate of drug-likeness (QED) is 0.474. The van der Waals surface area contributed by atoms with Gasteiger partial charge in [-0.15, -0.1) is 0 Å². The van der Waals surface area contributed by atoms with E-state index in [1.54, 1.807) is 12.1 Å². The summed E-state index contributed by atoms with van der Waals surface area (Å²) in [7, 11) is 1.38. The highest BCUT2D eigenvalue weighted by Crippen LogP contribution is 2.21. The third kappa shape index (κ3) is 4.69. The molecule has 1 amide bonds. The molecule has 0 unspecified atom stereocenters. The monoisotopic (exact) mass is 411 g/mol. The minimum absolute atomic E-state index is 0.115. The van der Waals surface area contributed by atoms with Gasteiger partial charge < -0.3 is 14.8 Å². The van der Waals surface area contributed by atoms with E-state index in [0.717, 1.165) is 6.07 Å². The minimum atomic E-state index is -0.884. The van der Waals surface area contributed by atoms with Gasteiger partial charge in [-0.1, -0.05) is 18.2 Å². The number of hydrogen-bond donors (Lipinski definition) is 1. The number of Topliss-reactive ketones (excluding diaryl/α,β-unsaturated/α-hetero) is 1. The number of nitrogens with one attached hydrogen (secondary N) is 1. The van der Waals surface area contributed by atoms with Crippen molar-refractivity contribution in [1.29, 1.82) is 0 Å². The highest BCUT2D eigenvalue weighted by atomic mass is 19.1. The Kier molecular flexibility index (Phi) is 6.21. The van der Waals surface area contributed by atoms with E-state index < -0.39 is 24.2 Å². The van der Waals surface area contributed by atoms with Gasteiger partial charge in [0.2, 0.25) is 17.4 Å². The third-order valence-corrected chi connectivity index (χ3v) is 4.04. The van der Waals surface area contributed by atoms with Crippen LogP contribution in [0, 0.1) is 5.82 Å². The number of aromatic nitrogens is 2. The van der Waals surface area contributed by atoms with E-state index in [1.807, 2.05) is 18.2 Å². The van der Waals surface area contributed by atoms with Gasteiger partial charge in [0.25, 0.3) is 0 Å². The number of carbonyl (C=O) groups is 3. The molecular weight excluding hydrogens is 393 g/mol. The van der Waals surface area contributed by atoms with E-state index in [1.165, 1.54) is 37.0 Å². The molecule has 0 fully saturated rings. The average Bonchev–Trinajstić information content (AvgIpc) is 3.17. The highest BCUT2D eigenvalue weighted by Gasteiger charge is 2.22. The first kappa shape index (κ1) is 20.7. The Hall–Kier alpha value is -4.01. The van der Waals surface area contributed by atoms with Gasteiger partial charge in [0.1, 0.15) is 5.82 Å². The summed E-state index contributed by atoms with van der Waals surface area (Å²) < 4.78 is 25.8. The van der Waals surface area contributed by atoms with Crippen LogP contribution in [0.15, 0.2) is 54.7 Å². The second-order valence-electron chi connectivity index (χ2n) is 6.20. The number of ketones is 1. The summed E-state index contributed by atoms with van der Waals surface area (Å²) in [5.41, 5.74) is 0.534. The Morgan fingerprint density at radius 3 is 2.50 bits per heavy atom. The van der Waals surface area contributed by atoms with Gasteiger partial charge in [0.15, 0.2) is 12.4 Å². The highest BCUT2D eigenvalue weighted by molar-refractivity contribution is 6.00. The summed E-state index contributed by atoms with van der Waals surface area (Å²) in [5.74, 6) is -2.66. The number of carbonyl (C=O) groups excluding carboxylic acids is 3. The van der Waals surface area contributed by atoms with E-state index in [0.29, 0.717) is 5.69 Å². The van der Waals surface area contributed by atoms with E-state index in [-0.39, 0.29) is 28.6 Å². The molecule has 0 spiro atoms. The Balaban J connectivity index is 1.70. The van der Waals surface area contributed by atoms with Crippen molar-refractivity contribution in [2.45, 2.75) is 6.92 Å². The van der Waals surface area contributed by atoms with Crippen LogP contribution in [0.25, 0.3) is 5.69 Å². The lowest BCUT2D eigenvalue weighted by atomic mass is 10.1. The molecule has 3 aromatic rings. The van der Waals surface area contributed by atoms with Gasteiger partial charge in [0, 0.05) is 12.6 Å². The molecule has 0 saturated carbocycles. The summed E-state index contributed by atoms with van der Waals surface area (Å²) in [6.07, 6.45) is 1.51. The normalized spacial score (nSPS) is 10.4. The van der Waals surface area contributed by atoms with E-state index in [9.17, 15) is 18.8 Å². The molecule has 0 saturated heterocycles. The zero-order valence-corrected chi connectivity index (χ0v) is 16.2. The molecule has 0 aliphatic rings. The summed E-state index contributed by atoms with van der Waals surface area (Å²) in [6.45, 7) is 0.598. The maximum Gasteiger partial charge on any atom is 0.363 e. The Bertz CT molecular complexity index is 1100. The summed E-state index contributed by atoms with van der Waals surface area (Å²) in [5, 5.41) is 6.56. The first-order chi connectivity index (χ1) is 14.4. The molecule has 0 aliphatic carbocycles. The maximum absolute atomic E-state index is 14.2. The lowest BCUT2D eigenvalue weighted by Crippen LogP contribution is -2.17. The fourth-order valence-electron chi connectivity index (χ4n) is 2.66. The molecule has 30 heavy (non-hydrogen) atoms. The number of nitrogens with zero attached hydrogens (tertiary/aromatic N) is 2. The van der Waals surface area contributed by atoms with Crippen LogP contribution < -0.4 is 10.1 Å². The van der Waals surface area contributed by atoms with Crippen LogP contribution in [0.5, 0.6) is 5.75 Å². The fourth-order valence-corrected chi connectivity index (χ4v) is 2.66. The number of hydrogen-bond acceptors (Lipinski definition) is 6. The van der Waals surface area contributed by atoms with Crippen molar-refractivity contribution in [2.24, 2.45) is 0 Å². The molecule has 1 N–H and O–H groups in total. The van der Waals surface area contributed by atoms with Crippen LogP contribution in [0.1, 0.15) is 27.8 Å². The largest absolute Gasteiger partial charge is 0.493 e. The van der Waals surface area contributed by atoms with Crippen LogP contribution >= 0.6 is 0 Å². The van der Waals surface area contributed by atoms with Crippen LogP contribution in [0.4, 0.5) is 10.1 Å². The molecule has 0 atom stereocenters.